The first-order chi connectivity index (χ1) is 12.2. The van der Waals surface area contributed by atoms with Gasteiger partial charge >= 0.3 is 0 Å². The van der Waals surface area contributed by atoms with Gasteiger partial charge in [0.05, 0.1) is 4.90 Å². The normalized spacial score (nSPS) is 16.1. The first-order valence-electron chi connectivity index (χ1n) is 8.33. The minimum absolute atomic E-state index is 0.233. The second-order valence-electron chi connectivity index (χ2n) is 6.44. The van der Waals surface area contributed by atoms with E-state index in [0.29, 0.717) is 10.5 Å². The molecule has 0 bridgehead atoms. The van der Waals surface area contributed by atoms with E-state index in [4.69, 9.17) is 0 Å². The molecule has 1 amide bonds. The summed E-state index contributed by atoms with van der Waals surface area (Å²) in [4.78, 5) is 16.2. The summed E-state index contributed by atoms with van der Waals surface area (Å²) in [5, 5.41) is 0. The first-order valence-corrected chi connectivity index (χ1v) is 10.6. The lowest BCUT2D eigenvalue weighted by molar-refractivity contribution is 0.0697. The molecule has 8 heteroatoms. The minimum atomic E-state index is -3.55. The number of benzene rings is 1. The van der Waals surface area contributed by atoms with Gasteiger partial charge in [-0.05, 0) is 44.5 Å². The molecule has 0 atom stereocenters. The molecule has 1 aromatic carbocycles. The van der Waals surface area contributed by atoms with Crippen LogP contribution in [0.3, 0.4) is 0 Å². The number of hydrogen-bond acceptors (Lipinski definition) is 4. The van der Waals surface area contributed by atoms with Gasteiger partial charge in [0.2, 0.25) is 10.0 Å². The third-order valence-electron chi connectivity index (χ3n) is 4.56. The van der Waals surface area contributed by atoms with Gasteiger partial charge in [0.1, 0.15) is 5.82 Å². The molecule has 0 radical (unpaired) electrons. The van der Waals surface area contributed by atoms with Crippen LogP contribution < -0.4 is 0 Å². The molecule has 26 heavy (non-hydrogen) atoms. The van der Waals surface area contributed by atoms with Crippen LogP contribution in [-0.2, 0) is 10.0 Å². The average Bonchev–Trinajstić information content (AvgIpc) is 2.96. The smallest absolute Gasteiger partial charge is 0.254 e. The van der Waals surface area contributed by atoms with E-state index in [0.717, 1.165) is 9.75 Å². The van der Waals surface area contributed by atoms with Gasteiger partial charge in [0.25, 0.3) is 5.91 Å². The van der Waals surface area contributed by atoms with Crippen molar-refractivity contribution in [1.29, 1.82) is 0 Å². The molecule has 3 rings (SSSR count). The van der Waals surface area contributed by atoms with Crippen molar-refractivity contribution >= 4 is 27.3 Å². The average molecular weight is 397 g/mol. The van der Waals surface area contributed by atoms with Crippen molar-refractivity contribution in [3.8, 4) is 0 Å². The highest BCUT2D eigenvalue weighted by Gasteiger charge is 2.32. The lowest BCUT2D eigenvalue weighted by Gasteiger charge is -2.34. The quantitative estimate of drug-likeness (QED) is 0.802. The van der Waals surface area contributed by atoms with Gasteiger partial charge in [0, 0.05) is 41.5 Å². The molecule has 0 saturated carbocycles. The zero-order valence-electron chi connectivity index (χ0n) is 15.0. The number of sulfonamides is 1. The van der Waals surface area contributed by atoms with E-state index in [-0.39, 0.29) is 37.6 Å². The van der Waals surface area contributed by atoms with E-state index < -0.39 is 15.8 Å². The maximum Gasteiger partial charge on any atom is 0.254 e. The summed E-state index contributed by atoms with van der Waals surface area (Å²) >= 11 is 1.46. The van der Waals surface area contributed by atoms with Gasteiger partial charge in [-0.15, -0.1) is 11.3 Å². The SMILES string of the molecule is Cc1cc(S(=O)(=O)N2CCN(C(=O)c3ccc(C)c(F)c3)CC2)c(C)s1. The van der Waals surface area contributed by atoms with Crippen molar-refractivity contribution in [3.63, 3.8) is 0 Å². The van der Waals surface area contributed by atoms with Crippen LogP contribution >= 0.6 is 11.3 Å². The number of piperazine rings is 1. The van der Waals surface area contributed by atoms with E-state index >= 15 is 0 Å². The molecular weight excluding hydrogens is 375 g/mol. The third kappa shape index (κ3) is 3.54. The fourth-order valence-electron chi connectivity index (χ4n) is 3.04. The second kappa shape index (κ2) is 7.09. The zero-order valence-corrected chi connectivity index (χ0v) is 16.6. The summed E-state index contributed by atoms with van der Waals surface area (Å²) in [7, 11) is -3.55. The first kappa shape index (κ1) is 19.0. The van der Waals surface area contributed by atoms with Crippen molar-refractivity contribution < 1.29 is 17.6 Å². The zero-order chi connectivity index (χ0) is 19.1. The van der Waals surface area contributed by atoms with Gasteiger partial charge in [-0.1, -0.05) is 6.07 Å². The Labute approximate surface area is 157 Å². The van der Waals surface area contributed by atoms with E-state index in [1.165, 1.54) is 21.7 Å². The molecule has 5 nitrogen and oxygen atoms in total. The van der Waals surface area contributed by atoms with Gasteiger partial charge in [-0.25, -0.2) is 12.8 Å². The van der Waals surface area contributed by atoms with E-state index in [2.05, 4.69) is 0 Å². The summed E-state index contributed by atoms with van der Waals surface area (Å²) < 4.78 is 40.8. The predicted octanol–water partition coefficient (Wildman–Crippen LogP) is 2.96. The molecule has 1 aliphatic rings. The highest BCUT2D eigenvalue weighted by molar-refractivity contribution is 7.89. The fraction of sp³-hybridized carbons (Fsp3) is 0.389. The van der Waals surface area contributed by atoms with Crippen LogP contribution in [0.1, 0.15) is 25.7 Å². The predicted molar refractivity (Wildman–Crippen MR) is 99.6 cm³/mol. The molecule has 1 aliphatic heterocycles. The lowest BCUT2D eigenvalue weighted by atomic mass is 10.1. The number of carbonyl (C=O) groups is 1. The summed E-state index contributed by atoms with van der Waals surface area (Å²) in [5.41, 5.74) is 0.771. The maximum absolute atomic E-state index is 13.7. The molecule has 2 heterocycles. The van der Waals surface area contributed by atoms with Gasteiger partial charge in [-0.3, -0.25) is 4.79 Å². The largest absolute Gasteiger partial charge is 0.336 e. The molecule has 2 aromatic rings. The van der Waals surface area contributed by atoms with Crippen LogP contribution in [0.2, 0.25) is 0 Å². The Bertz CT molecular complexity index is 945. The van der Waals surface area contributed by atoms with Crippen molar-refractivity contribution in [2.75, 3.05) is 26.2 Å². The number of carbonyl (C=O) groups excluding carboxylic acids is 1. The van der Waals surface area contributed by atoms with Crippen molar-refractivity contribution in [1.82, 2.24) is 9.21 Å². The molecular formula is C18H21FN2O3S2. The minimum Gasteiger partial charge on any atom is -0.336 e. The van der Waals surface area contributed by atoms with Crippen LogP contribution in [0, 0.1) is 26.6 Å². The Morgan fingerprint density at radius 3 is 2.27 bits per heavy atom. The number of hydrogen-bond donors (Lipinski definition) is 0. The van der Waals surface area contributed by atoms with Gasteiger partial charge < -0.3 is 4.90 Å². The number of thiophene rings is 1. The molecule has 1 fully saturated rings. The highest BCUT2D eigenvalue weighted by Crippen LogP contribution is 2.28. The molecule has 140 valence electrons. The Morgan fingerprint density at radius 1 is 1.08 bits per heavy atom. The molecule has 0 unspecified atom stereocenters. The number of nitrogens with zero attached hydrogens (tertiary/aromatic N) is 2. The Hall–Kier alpha value is -1.77. The maximum atomic E-state index is 13.7. The summed E-state index contributed by atoms with van der Waals surface area (Å²) in [6.07, 6.45) is 0. The van der Waals surface area contributed by atoms with Gasteiger partial charge in [-0.2, -0.15) is 4.31 Å². The second-order valence-corrected chi connectivity index (χ2v) is 9.80. The number of halogens is 1. The Balaban J connectivity index is 1.71. The van der Waals surface area contributed by atoms with Crippen LogP contribution in [0.25, 0.3) is 0 Å². The Morgan fingerprint density at radius 2 is 1.73 bits per heavy atom. The van der Waals surface area contributed by atoms with E-state index in [1.54, 1.807) is 36.9 Å². The topological polar surface area (TPSA) is 57.7 Å². The van der Waals surface area contributed by atoms with E-state index in [9.17, 15) is 17.6 Å². The molecule has 0 aliphatic carbocycles. The van der Waals surface area contributed by atoms with Crippen LogP contribution in [0.4, 0.5) is 4.39 Å². The standard InChI is InChI=1S/C18H21FN2O3S2/c1-12-4-5-15(11-16(12)19)18(22)20-6-8-21(9-7-20)26(23,24)17-10-13(2)25-14(17)3/h4-5,10-11H,6-9H2,1-3H3. The van der Waals surface area contributed by atoms with E-state index in [1.807, 2.05) is 6.92 Å². The summed E-state index contributed by atoms with van der Waals surface area (Å²) in [6, 6.07) is 6.10. The molecule has 0 N–H and O–H groups in total. The van der Waals surface area contributed by atoms with Crippen molar-refractivity contribution in [2.24, 2.45) is 0 Å². The van der Waals surface area contributed by atoms with Gasteiger partial charge in [0.15, 0.2) is 0 Å². The van der Waals surface area contributed by atoms with Crippen molar-refractivity contribution in [2.45, 2.75) is 25.7 Å². The van der Waals surface area contributed by atoms with Crippen molar-refractivity contribution in [3.05, 3.63) is 51.0 Å². The summed E-state index contributed by atoms with van der Waals surface area (Å²) in [5.74, 6) is -0.691. The number of aryl methyl sites for hydroxylation is 3. The lowest BCUT2D eigenvalue weighted by Crippen LogP contribution is -2.50. The number of amides is 1. The third-order valence-corrected chi connectivity index (χ3v) is 7.68. The number of rotatable bonds is 3. The molecule has 1 aromatic heterocycles. The highest BCUT2D eigenvalue weighted by atomic mass is 32.2. The monoisotopic (exact) mass is 396 g/mol. The fourth-order valence-corrected chi connectivity index (χ4v) is 5.99. The Kier molecular flexibility index (Phi) is 5.18. The molecule has 0 spiro atoms. The van der Waals surface area contributed by atoms with Crippen LogP contribution in [-0.4, -0.2) is 49.7 Å². The summed E-state index contributed by atoms with van der Waals surface area (Å²) in [6.45, 7) is 6.37. The van der Waals surface area contributed by atoms with Crippen LogP contribution in [0.5, 0.6) is 0 Å². The molecule has 1 saturated heterocycles. The van der Waals surface area contributed by atoms with Crippen LogP contribution in [0.15, 0.2) is 29.2 Å².